The zero-order valence-electron chi connectivity index (χ0n) is 19.6. The minimum Gasteiger partial charge on any atom is -0.507 e. The number of ketones is 1. The summed E-state index contributed by atoms with van der Waals surface area (Å²) in [6, 6.07) is 17.8. The fraction of sp³-hybridized carbons (Fsp3) is 0.179. The van der Waals surface area contributed by atoms with Crippen LogP contribution in [0.5, 0.6) is 5.75 Å². The fourth-order valence-electron chi connectivity index (χ4n) is 4.28. The normalized spacial score (nSPS) is 17.0. The second kappa shape index (κ2) is 9.46. The molecule has 1 heterocycles. The number of aryl methyl sites for hydroxylation is 2. The molecule has 0 saturated carbocycles. The van der Waals surface area contributed by atoms with Crippen LogP contribution in [0.3, 0.4) is 0 Å². The number of aliphatic carboxylic acids is 1. The number of methoxy groups -OCH3 is 1. The average molecular weight is 472 g/mol. The van der Waals surface area contributed by atoms with E-state index >= 15 is 0 Å². The Balaban J connectivity index is 1.92. The zero-order valence-corrected chi connectivity index (χ0v) is 19.6. The predicted octanol–water partition coefficient (Wildman–Crippen LogP) is 4.57. The molecule has 2 N–H and O–H groups in total. The molecule has 1 atom stereocenters. The standard InChI is InChI=1S/C28H25NO6/c1-16-8-11-19(14-17(16)2)26(32)24-25(21-6-4-5-7-22(21)35-3)29(28(34)27(24)33)20-12-9-18(10-13-20)15-23(30)31/h4-14,25,32H,15H2,1-3H3,(H,30,31)/b26-24+. The van der Waals surface area contributed by atoms with Crippen molar-refractivity contribution in [2.75, 3.05) is 12.0 Å². The Bertz CT molecular complexity index is 1360. The third-order valence-corrected chi connectivity index (χ3v) is 6.23. The Morgan fingerprint density at radius 1 is 0.943 bits per heavy atom. The number of amides is 1. The number of hydrogen-bond donors (Lipinski definition) is 2. The van der Waals surface area contributed by atoms with Gasteiger partial charge in [-0.15, -0.1) is 0 Å². The van der Waals surface area contributed by atoms with E-state index in [1.807, 2.05) is 19.9 Å². The van der Waals surface area contributed by atoms with Crippen molar-refractivity contribution in [2.24, 2.45) is 0 Å². The molecule has 4 rings (SSSR count). The zero-order chi connectivity index (χ0) is 25.3. The van der Waals surface area contributed by atoms with Crippen molar-refractivity contribution in [1.82, 2.24) is 0 Å². The lowest BCUT2D eigenvalue weighted by Gasteiger charge is -2.26. The predicted molar refractivity (Wildman–Crippen MR) is 131 cm³/mol. The monoisotopic (exact) mass is 471 g/mol. The van der Waals surface area contributed by atoms with Crippen LogP contribution in [-0.2, 0) is 20.8 Å². The summed E-state index contributed by atoms with van der Waals surface area (Å²) in [5.41, 5.74) is 3.85. The van der Waals surface area contributed by atoms with Crippen LogP contribution in [0.15, 0.2) is 72.3 Å². The molecule has 0 aliphatic carbocycles. The maximum atomic E-state index is 13.3. The van der Waals surface area contributed by atoms with E-state index in [0.29, 0.717) is 28.1 Å². The molecule has 1 fully saturated rings. The van der Waals surface area contributed by atoms with Crippen LogP contribution in [-0.4, -0.2) is 35.0 Å². The van der Waals surface area contributed by atoms with E-state index in [4.69, 9.17) is 9.84 Å². The summed E-state index contributed by atoms with van der Waals surface area (Å²) in [6.45, 7) is 3.85. The maximum absolute atomic E-state index is 13.3. The second-order valence-corrected chi connectivity index (χ2v) is 8.45. The van der Waals surface area contributed by atoms with E-state index in [1.54, 1.807) is 60.7 Å². The highest BCUT2D eigenvalue weighted by atomic mass is 16.5. The van der Waals surface area contributed by atoms with E-state index < -0.39 is 23.7 Å². The minimum atomic E-state index is -0.972. The number of rotatable bonds is 6. The van der Waals surface area contributed by atoms with Crippen molar-refractivity contribution < 1.29 is 29.3 Å². The van der Waals surface area contributed by atoms with E-state index in [-0.39, 0.29) is 17.8 Å². The van der Waals surface area contributed by atoms with E-state index in [0.717, 1.165) is 11.1 Å². The fourth-order valence-corrected chi connectivity index (χ4v) is 4.28. The van der Waals surface area contributed by atoms with Crippen LogP contribution in [0.25, 0.3) is 5.76 Å². The Labute approximate surface area is 202 Å². The van der Waals surface area contributed by atoms with Gasteiger partial charge in [-0.25, -0.2) is 0 Å². The van der Waals surface area contributed by atoms with Gasteiger partial charge >= 0.3 is 5.97 Å². The topological polar surface area (TPSA) is 104 Å². The number of hydrogen-bond acceptors (Lipinski definition) is 5. The summed E-state index contributed by atoms with van der Waals surface area (Å²) in [4.78, 5) is 39.0. The number of anilines is 1. The van der Waals surface area contributed by atoms with Crippen molar-refractivity contribution in [3.8, 4) is 5.75 Å². The van der Waals surface area contributed by atoms with Crippen LogP contribution in [0, 0.1) is 13.8 Å². The summed E-state index contributed by atoms with van der Waals surface area (Å²) in [5, 5.41) is 20.4. The Morgan fingerprint density at radius 2 is 1.63 bits per heavy atom. The number of nitrogens with zero attached hydrogens (tertiary/aromatic N) is 1. The molecule has 1 amide bonds. The van der Waals surface area contributed by atoms with Gasteiger partial charge in [-0.05, 0) is 54.8 Å². The number of para-hydroxylation sites is 1. The molecule has 3 aromatic carbocycles. The molecule has 7 heteroatoms. The molecule has 1 aliphatic rings. The molecule has 3 aromatic rings. The summed E-state index contributed by atoms with van der Waals surface area (Å²) in [7, 11) is 1.50. The number of carboxylic acids is 1. The lowest BCUT2D eigenvalue weighted by atomic mass is 9.93. The number of carbonyl (C=O) groups excluding carboxylic acids is 2. The summed E-state index contributed by atoms with van der Waals surface area (Å²) >= 11 is 0. The maximum Gasteiger partial charge on any atom is 0.307 e. The molecule has 1 aliphatic heterocycles. The van der Waals surface area contributed by atoms with E-state index in [9.17, 15) is 19.5 Å². The van der Waals surface area contributed by atoms with Crippen LogP contribution in [0.4, 0.5) is 5.69 Å². The third-order valence-electron chi connectivity index (χ3n) is 6.23. The van der Waals surface area contributed by atoms with Crippen molar-refractivity contribution >= 4 is 29.1 Å². The summed E-state index contributed by atoms with van der Waals surface area (Å²) in [6.07, 6.45) is -0.165. The lowest BCUT2D eigenvalue weighted by Crippen LogP contribution is -2.29. The van der Waals surface area contributed by atoms with Gasteiger partial charge in [0.1, 0.15) is 11.5 Å². The van der Waals surface area contributed by atoms with Gasteiger partial charge in [-0.2, -0.15) is 0 Å². The van der Waals surface area contributed by atoms with Crippen molar-refractivity contribution in [3.05, 3.63) is 100 Å². The molecule has 0 radical (unpaired) electrons. The van der Waals surface area contributed by atoms with Gasteiger partial charge in [0.2, 0.25) is 0 Å². The molecular weight excluding hydrogens is 446 g/mol. The molecule has 0 bridgehead atoms. The highest BCUT2D eigenvalue weighted by Crippen LogP contribution is 2.44. The molecule has 7 nitrogen and oxygen atoms in total. The first-order valence-corrected chi connectivity index (χ1v) is 11.0. The van der Waals surface area contributed by atoms with Crippen LogP contribution in [0.1, 0.15) is 33.9 Å². The number of carbonyl (C=O) groups is 3. The quantitative estimate of drug-likeness (QED) is 0.310. The number of aliphatic hydroxyl groups is 1. The second-order valence-electron chi connectivity index (χ2n) is 8.45. The molecule has 1 unspecified atom stereocenters. The number of benzene rings is 3. The first-order chi connectivity index (χ1) is 16.7. The number of carboxylic acid groups (broad SMARTS) is 1. The van der Waals surface area contributed by atoms with Crippen LogP contribution >= 0.6 is 0 Å². The minimum absolute atomic E-state index is 0.0441. The third kappa shape index (κ3) is 4.40. The smallest absolute Gasteiger partial charge is 0.307 e. The van der Waals surface area contributed by atoms with E-state index in [1.165, 1.54) is 12.0 Å². The Morgan fingerprint density at radius 3 is 2.26 bits per heavy atom. The number of aliphatic hydroxyl groups excluding tert-OH is 1. The Hall–Kier alpha value is -4.39. The average Bonchev–Trinajstić information content (AvgIpc) is 3.10. The van der Waals surface area contributed by atoms with Crippen LogP contribution < -0.4 is 9.64 Å². The highest BCUT2D eigenvalue weighted by Gasteiger charge is 2.47. The van der Waals surface area contributed by atoms with Gasteiger partial charge in [-0.1, -0.05) is 42.5 Å². The van der Waals surface area contributed by atoms with Gasteiger partial charge < -0.3 is 14.9 Å². The first-order valence-electron chi connectivity index (χ1n) is 11.0. The summed E-state index contributed by atoms with van der Waals surface area (Å²) < 4.78 is 5.53. The van der Waals surface area contributed by atoms with Crippen molar-refractivity contribution in [1.29, 1.82) is 0 Å². The summed E-state index contributed by atoms with van der Waals surface area (Å²) in [5.74, 6) is -2.39. The van der Waals surface area contributed by atoms with Gasteiger partial charge in [0.15, 0.2) is 0 Å². The molecule has 178 valence electrons. The van der Waals surface area contributed by atoms with Crippen LogP contribution in [0.2, 0.25) is 0 Å². The molecule has 0 spiro atoms. The SMILES string of the molecule is COc1ccccc1C1/C(=C(\O)c2ccc(C)c(C)c2)C(=O)C(=O)N1c1ccc(CC(=O)O)cc1. The molecule has 0 aromatic heterocycles. The molecule has 1 saturated heterocycles. The molecular formula is C28H25NO6. The van der Waals surface area contributed by atoms with Gasteiger partial charge in [0.05, 0.1) is 25.1 Å². The number of ether oxygens (including phenoxy) is 1. The van der Waals surface area contributed by atoms with Crippen molar-refractivity contribution in [3.63, 3.8) is 0 Å². The lowest BCUT2D eigenvalue weighted by molar-refractivity contribution is -0.136. The Kier molecular flexibility index (Phi) is 6.42. The van der Waals surface area contributed by atoms with Gasteiger partial charge in [0.25, 0.3) is 11.7 Å². The highest BCUT2D eigenvalue weighted by molar-refractivity contribution is 6.51. The molecule has 35 heavy (non-hydrogen) atoms. The van der Waals surface area contributed by atoms with Crippen molar-refractivity contribution in [2.45, 2.75) is 26.3 Å². The van der Waals surface area contributed by atoms with E-state index in [2.05, 4.69) is 0 Å². The first kappa shape index (κ1) is 23.8. The largest absolute Gasteiger partial charge is 0.507 e. The number of Topliss-reactive ketones (excluding diaryl/α,β-unsaturated/α-hetero) is 1. The van der Waals surface area contributed by atoms with Gasteiger partial charge in [-0.3, -0.25) is 19.3 Å². The van der Waals surface area contributed by atoms with Gasteiger partial charge in [0, 0.05) is 16.8 Å².